The number of nitrogens with one attached hydrogen (secondary N) is 2. The Hall–Kier alpha value is -1.79. The van der Waals surface area contributed by atoms with Crippen molar-refractivity contribution in [3.63, 3.8) is 0 Å². The molecule has 8 heteroatoms. The van der Waals surface area contributed by atoms with Gasteiger partial charge in [0, 0.05) is 28.4 Å². The van der Waals surface area contributed by atoms with Gasteiger partial charge < -0.3 is 10.6 Å². The Bertz CT molecular complexity index is 908. The van der Waals surface area contributed by atoms with Crippen LogP contribution in [0.25, 0.3) is 0 Å². The van der Waals surface area contributed by atoms with Gasteiger partial charge in [-0.25, -0.2) is 0 Å². The first-order valence-corrected chi connectivity index (χ1v) is 9.82. The van der Waals surface area contributed by atoms with Gasteiger partial charge in [-0.1, -0.05) is 71.2 Å². The first kappa shape index (κ1) is 20.0. The predicted molar refractivity (Wildman–Crippen MR) is 117 cm³/mol. The maximum absolute atomic E-state index is 6.27. The fraction of sp³-hybridized carbons (Fsp3) is 0.158. The summed E-state index contributed by atoms with van der Waals surface area (Å²) in [5, 5.41) is 12.7. The molecule has 0 saturated heterocycles. The molecule has 0 aliphatic rings. The molecule has 27 heavy (non-hydrogen) atoms. The van der Waals surface area contributed by atoms with Gasteiger partial charge in [0.1, 0.15) is 5.02 Å². The molecule has 2 N–H and O–H groups in total. The van der Waals surface area contributed by atoms with Crippen LogP contribution in [0.2, 0.25) is 15.1 Å². The molecule has 0 bridgehead atoms. The molecule has 3 rings (SSSR count). The first-order chi connectivity index (χ1) is 13.0. The van der Waals surface area contributed by atoms with Gasteiger partial charge in [0.15, 0.2) is 10.9 Å². The van der Waals surface area contributed by atoms with Crippen LogP contribution in [0.15, 0.2) is 54.7 Å². The molecule has 4 nitrogen and oxygen atoms in total. The first-order valence-electron chi connectivity index (χ1n) is 8.27. The van der Waals surface area contributed by atoms with Gasteiger partial charge >= 0.3 is 0 Å². The summed E-state index contributed by atoms with van der Waals surface area (Å²) in [4.78, 5) is 0. The average molecular weight is 440 g/mol. The minimum absolute atomic E-state index is 0.411. The van der Waals surface area contributed by atoms with Crippen LogP contribution in [0.4, 0.5) is 5.82 Å². The lowest BCUT2D eigenvalue weighted by molar-refractivity contribution is 0.690. The Labute approximate surface area is 178 Å². The standard InChI is InChI=1S/C19H17Cl3N4S/c20-15-7-4-8-16(21)14(15)11-26-12-17(22)18(25-26)24-19(27)23-10-9-13-5-2-1-3-6-13/h1-8,12H,9-11H2,(H2,23,24,25,27). The summed E-state index contributed by atoms with van der Waals surface area (Å²) >= 11 is 24.0. The lowest BCUT2D eigenvalue weighted by Crippen LogP contribution is -2.30. The zero-order valence-corrected chi connectivity index (χ0v) is 17.3. The summed E-state index contributed by atoms with van der Waals surface area (Å²) in [7, 11) is 0. The van der Waals surface area contributed by atoms with Crippen LogP contribution in [0.1, 0.15) is 11.1 Å². The van der Waals surface area contributed by atoms with Gasteiger partial charge in [-0.05, 0) is 36.3 Å². The Morgan fingerprint density at radius 1 is 0.963 bits per heavy atom. The minimum atomic E-state index is 0.411. The monoisotopic (exact) mass is 438 g/mol. The third-order valence-corrected chi connectivity index (χ3v) is 5.10. The molecule has 2 aromatic carbocycles. The van der Waals surface area contributed by atoms with Crippen LogP contribution in [0.5, 0.6) is 0 Å². The summed E-state index contributed by atoms with van der Waals surface area (Å²) < 4.78 is 1.67. The van der Waals surface area contributed by atoms with Crippen molar-refractivity contribution in [3.8, 4) is 0 Å². The van der Waals surface area contributed by atoms with Crippen molar-refractivity contribution in [1.29, 1.82) is 0 Å². The number of halogens is 3. The van der Waals surface area contributed by atoms with E-state index in [0.29, 0.717) is 39.1 Å². The van der Waals surface area contributed by atoms with Crippen molar-refractivity contribution in [1.82, 2.24) is 15.1 Å². The molecule has 0 spiro atoms. The fourth-order valence-electron chi connectivity index (χ4n) is 2.52. The van der Waals surface area contributed by atoms with Crippen LogP contribution >= 0.6 is 47.0 Å². The molecule has 0 amide bonds. The summed E-state index contributed by atoms with van der Waals surface area (Å²) in [6.07, 6.45) is 2.58. The highest BCUT2D eigenvalue weighted by Gasteiger charge is 2.12. The predicted octanol–water partition coefficient (Wildman–Crippen LogP) is 5.42. The van der Waals surface area contributed by atoms with E-state index in [1.54, 1.807) is 29.1 Å². The SMILES string of the molecule is S=C(NCCc1ccccc1)Nc1nn(Cc2c(Cl)cccc2Cl)cc1Cl. The second-order valence-corrected chi connectivity index (χ2v) is 7.47. The summed E-state index contributed by atoms with van der Waals surface area (Å²) in [5.41, 5.74) is 2.03. The van der Waals surface area contributed by atoms with E-state index in [4.69, 9.17) is 47.0 Å². The molecule has 0 fully saturated rings. The van der Waals surface area contributed by atoms with E-state index in [1.165, 1.54) is 5.56 Å². The minimum Gasteiger partial charge on any atom is -0.362 e. The molecule has 140 valence electrons. The molecule has 1 aromatic heterocycles. The van der Waals surface area contributed by atoms with Crippen molar-refractivity contribution < 1.29 is 0 Å². The molecule has 0 aliphatic carbocycles. The van der Waals surface area contributed by atoms with Crippen molar-refractivity contribution in [2.45, 2.75) is 13.0 Å². The number of rotatable bonds is 6. The zero-order valence-electron chi connectivity index (χ0n) is 14.3. The third kappa shape index (κ3) is 5.59. The normalized spacial score (nSPS) is 10.6. The molecular weight excluding hydrogens is 423 g/mol. The van der Waals surface area contributed by atoms with E-state index < -0.39 is 0 Å². The van der Waals surface area contributed by atoms with Gasteiger partial charge in [-0.3, -0.25) is 4.68 Å². The number of hydrogen-bond acceptors (Lipinski definition) is 2. The average Bonchev–Trinajstić information content (AvgIpc) is 2.98. The number of benzene rings is 2. The van der Waals surface area contributed by atoms with Gasteiger partial charge in [0.05, 0.1) is 6.54 Å². The van der Waals surface area contributed by atoms with Gasteiger partial charge in [-0.2, -0.15) is 5.10 Å². The fourth-order valence-corrected chi connectivity index (χ4v) is 3.44. The van der Waals surface area contributed by atoms with E-state index in [2.05, 4.69) is 27.9 Å². The Morgan fingerprint density at radius 2 is 1.67 bits per heavy atom. The van der Waals surface area contributed by atoms with Crippen molar-refractivity contribution in [2.75, 3.05) is 11.9 Å². The highest BCUT2D eigenvalue weighted by atomic mass is 35.5. The van der Waals surface area contributed by atoms with Crippen molar-refractivity contribution in [2.24, 2.45) is 0 Å². The topological polar surface area (TPSA) is 41.9 Å². The maximum Gasteiger partial charge on any atom is 0.173 e. The van der Waals surface area contributed by atoms with E-state index in [0.717, 1.165) is 12.0 Å². The number of nitrogens with zero attached hydrogens (tertiary/aromatic N) is 2. The Morgan fingerprint density at radius 3 is 2.37 bits per heavy atom. The third-order valence-electron chi connectivity index (χ3n) is 3.87. The largest absolute Gasteiger partial charge is 0.362 e. The molecule has 0 atom stereocenters. The van der Waals surface area contributed by atoms with Gasteiger partial charge in [0.2, 0.25) is 0 Å². The smallest absolute Gasteiger partial charge is 0.173 e. The van der Waals surface area contributed by atoms with Crippen molar-refractivity contribution in [3.05, 3.63) is 80.9 Å². The quantitative estimate of drug-likeness (QED) is 0.503. The second kappa shape index (κ2) is 9.42. The van der Waals surface area contributed by atoms with Gasteiger partial charge in [0.25, 0.3) is 0 Å². The van der Waals surface area contributed by atoms with Crippen LogP contribution in [-0.2, 0) is 13.0 Å². The van der Waals surface area contributed by atoms with E-state index in [-0.39, 0.29) is 0 Å². The highest BCUT2D eigenvalue weighted by molar-refractivity contribution is 7.80. The molecule has 0 aliphatic heterocycles. The second-order valence-electron chi connectivity index (χ2n) is 5.84. The van der Waals surface area contributed by atoms with Crippen LogP contribution in [-0.4, -0.2) is 21.4 Å². The Balaban J connectivity index is 1.57. The lowest BCUT2D eigenvalue weighted by atomic mass is 10.1. The molecule has 0 saturated carbocycles. The maximum atomic E-state index is 6.27. The highest BCUT2D eigenvalue weighted by Crippen LogP contribution is 2.26. The number of anilines is 1. The number of aromatic nitrogens is 2. The lowest BCUT2D eigenvalue weighted by Gasteiger charge is -2.09. The van der Waals surface area contributed by atoms with E-state index in [1.807, 2.05) is 18.2 Å². The summed E-state index contributed by atoms with van der Waals surface area (Å²) in [5.74, 6) is 0.483. The number of hydrogen-bond donors (Lipinski definition) is 2. The molecular formula is C19H17Cl3N4S. The van der Waals surface area contributed by atoms with E-state index in [9.17, 15) is 0 Å². The Kier molecular flexibility index (Phi) is 6.96. The van der Waals surface area contributed by atoms with E-state index >= 15 is 0 Å². The summed E-state index contributed by atoms with van der Waals surface area (Å²) in [6, 6.07) is 15.6. The molecule has 0 unspecified atom stereocenters. The molecule has 3 aromatic rings. The number of thiocarbonyl (C=S) groups is 1. The zero-order chi connectivity index (χ0) is 19.2. The summed E-state index contributed by atoms with van der Waals surface area (Å²) in [6.45, 7) is 1.12. The van der Waals surface area contributed by atoms with Crippen LogP contribution < -0.4 is 10.6 Å². The molecule has 1 heterocycles. The van der Waals surface area contributed by atoms with Crippen molar-refractivity contribution >= 4 is 58.0 Å². The van der Waals surface area contributed by atoms with Gasteiger partial charge in [-0.15, -0.1) is 0 Å². The van der Waals surface area contributed by atoms with Crippen LogP contribution in [0.3, 0.4) is 0 Å². The molecule has 0 radical (unpaired) electrons. The van der Waals surface area contributed by atoms with Crippen LogP contribution in [0, 0.1) is 0 Å².